The van der Waals surface area contributed by atoms with Crippen LogP contribution in [0.3, 0.4) is 0 Å². The third-order valence-corrected chi connectivity index (χ3v) is 5.60. The number of aryl methyl sites for hydroxylation is 1. The van der Waals surface area contributed by atoms with E-state index in [1.54, 1.807) is 11.8 Å². The van der Waals surface area contributed by atoms with E-state index in [2.05, 4.69) is 11.9 Å². The third-order valence-electron chi connectivity index (χ3n) is 4.99. The lowest BCUT2D eigenvalue weighted by Gasteiger charge is -2.20. The van der Waals surface area contributed by atoms with Crippen LogP contribution in [-0.2, 0) is 24.1 Å². The number of nitrogens with zero attached hydrogens (tertiary/aromatic N) is 3. The van der Waals surface area contributed by atoms with E-state index in [0.717, 1.165) is 36.6 Å². The first kappa shape index (κ1) is 20.0. The van der Waals surface area contributed by atoms with Crippen LogP contribution in [0.4, 0.5) is 13.2 Å². The topological polar surface area (TPSA) is 38.1 Å². The molecule has 1 atom stereocenters. The molecule has 148 valence electrons. The fourth-order valence-corrected chi connectivity index (χ4v) is 4.05. The number of benzene rings is 1. The molecular formula is C19H24F3N3OS. The molecule has 2 aromatic rings. The fourth-order valence-electron chi connectivity index (χ4n) is 3.66. The first-order valence-electron chi connectivity index (χ1n) is 9.16. The van der Waals surface area contributed by atoms with Crippen molar-refractivity contribution in [2.45, 2.75) is 45.5 Å². The molecule has 27 heavy (non-hydrogen) atoms. The Kier molecular flexibility index (Phi) is 6.03. The van der Waals surface area contributed by atoms with Crippen LogP contribution >= 0.6 is 11.8 Å². The molecule has 1 aromatic heterocycles. The Bertz CT molecular complexity index is 818. The summed E-state index contributed by atoms with van der Waals surface area (Å²) in [5, 5.41) is 0. The highest BCUT2D eigenvalue weighted by Crippen LogP contribution is 2.32. The van der Waals surface area contributed by atoms with Crippen LogP contribution in [-0.4, -0.2) is 38.9 Å². The van der Waals surface area contributed by atoms with E-state index >= 15 is 0 Å². The minimum atomic E-state index is -4.39. The predicted molar refractivity (Wildman–Crippen MR) is 102 cm³/mol. The van der Waals surface area contributed by atoms with Gasteiger partial charge in [0, 0.05) is 25.1 Å². The van der Waals surface area contributed by atoms with Gasteiger partial charge in [-0.15, -0.1) is 0 Å². The number of rotatable bonds is 7. The van der Waals surface area contributed by atoms with Crippen molar-refractivity contribution in [2.75, 3.05) is 18.6 Å². The van der Waals surface area contributed by atoms with Gasteiger partial charge in [-0.2, -0.15) is 24.9 Å². The van der Waals surface area contributed by atoms with E-state index in [1.807, 2.05) is 15.7 Å². The summed E-state index contributed by atoms with van der Waals surface area (Å²) < 4.78 is 41.0. The Labute approximate surface area is 161 Å². The first-order valence-corrected chi connectivity index (χ1v) is 10.6. The molecule has 0 N–H and O–H groups in total. The number of aromatic nitrogens is 2. The molecule has 0 saturated carbocycles. The van der Waals surface area contributed by atoms with E-state index in [1.165, 1.54) is 6.07 Å². The fraction of sp³-hybridized carbons (Fsp3) is 0.579. The van der Waals surface area contributed by atoms with Gasteiger partial charge in [-0.1, -0.05) is 13.3 Å². The van der Waals surface area contributed by atoms with Gasteiger partial charge in [0.25, 0.3) is 0 Å². The Hall–Kier alpha value is -1.70. The van der Waals surface area contributed by atoms with Crippen LogP contribution in [0.25, 0.3) is 11.0 Å². The molecule has 8 heteroatoms. The monoisotopic (exact) mass is 399 g/mol. The molecule has 1 fully saturated rings. The van der Waals surface area contributed by atoms with Gasteiger partial charge in [0.05, 0.1) is 23.3 Å². The summed E-state index contributed by atoms with van der Waals surface area (Å²) in [4.78, 5) is 18.6. The van der Waals surface area contributed by atoms with Gasteiger partial charge in [0.1, 0.15) is 5.82 Å². The molecule has 2 heterocycles. The maximum atomic E-state index is 13.0. The molecule has 1 aromatic carbocycles. The van der Waals surface area contributed by atoms with Crippen molar-refractivity contribution in [2.24, 2.45) is 5.92 Å². The van der Waals surface area contributed by atoms with E-state index in [-0.39, 0.29) is 5.91 Å². The van der Waals surface area contributed by atoms with Crippen LogP contribution < -0.4 is 0 Å². The number of imidazole rings is 1. The van der Waals surface area contributed by atoms with Crippen molar-refractivity contribution in [3.05, 3.63) is 29.6 Å². The molecule has 1 aliphatic heterocycles. The molecule has 0 bridgehead atoms. The Morgan fingerprint density at radius 2 is 2.11 bits per heavy atom. The summed E-state index contributed by atoms with van der Waals surface area (Å²) in [6.45, 7) is 3.16. The van der Waals surface area contributed by atoms with Gasteiger partial charge in [-0.25, -0.2) is 4.98 Å². The summed E-state index contributed by atoms with van der Waals surface area (Å²) in [7, 11) is 0. The Morgan fingerprint density at radius 3 is 2.78 bits per heavy atom. The average molecular weight is 399 g/mol. The van der Waals surface area contributed by atoms with Crippen LogP contribution in [0.2, 0.25) is 0 Å². The lowest BCUT2D eigenvalue weighted by molar-refractivity contribution is -0.137. The van der Waals surface area contributed by atoms with Crippen LogP contribution in [0.5, 0.6) is 0 Å². The lowest BCUT2D eigenvalue weighted by Crippen LogP contribution is -2.29. The number of thioether (sulfide) groups is 1. The molecule has 3 rings (SSSR count). The van der Waals surface area contributed by atoms with Crippen molar-refractivity contribution < 1.29 is 18.0 Å². The number of alkyl halides is 3. The van der Waals surface area contributed by atoms with Crippen LogP contribution in [0.1, 0.15) is 37.6 Å². The van der Waals surface area contributed by atoms with Crippen LogP contribution in [0, 0.1) is 5.92 Å². The van der Waals surface area contributed by atoms with Crippen molar-refractivity contribution in [3.63, 3.8) is 0 Å². The van der Waals surface area contributed by atoms with Crippen molar-refractivity contribution in [1.29, 1.82) is 0 Å². The normalized spacial score (nSPS) is 18.0. The van der Waals surface area contributed by atoms with E-state index in [0.29, 0.717) is 43.0 Å². The van der Waals surface area contributed by atoms with Crippen molar-refractivity contribution >= 4 is 28.7 Å². The second-order valence-electron chi connectivity index (χ2n) is 7.02. The number of halogens is 3. The molecule has 1 aliphatic rings. The van der Waals surface area contributed by atoms with E-state index in [9.17, 15) is 18.0 Å². The summed E-state index contributed by atoms with van der Waals surface area (Å²) in [6, 6.07) is 3.66. The largest absolute Gasteiger partial charge is 0.416 e. The highest BCUT2D eigenvalue weighted by Gasteiger charge is 2.32. The number of carbonyl (C=O) groups excluding carboxylic acids is 1. The zero-order valence-electron chi connectivity index (χ0n) is 15.6. The van der Waals surface area contributed by atoms with Gasteiger partial charge >= 0.3 is 6.18 Å². The molecular weight excluding hydrogens is 375 g/mol. The van der Waals surface area contributed by atoms with Gasteiger partial charge in [-0.3, -0.25) is 4.79 Å². The molecule has 4 nitrogen and oxygen atoms in total. The minimum absolute atomic E-state index is 0.109. The minimum Gasteiger partial charge on any atom is -0.324 e. The average Bonchev–Trinajstić information content (AvgIpc) is 3.13. The summed E-state index contributed by atoms with van der Waals surface area (Å²) in [6.07, 6.45) is 0.848. The summed E-state index contributed by atoms with van der Waals surface area (Å²) in [5.74, 6) is 2.02. The van der Waals surface area contributed by atoms with E-state index < -0.39 is 11.7 Å². The Balaban J connectivity index is 1.93. The summed E-state index contributed by atoms with van der Waals surface area (Å²) in [5.41, 5.74) is 0.278. The highest BCUT2D eigenvalue weighted by atomic mass is 32.2. The molecule has 1 amide bonds. The molecule has 1 unspecified atom stereocenters. The summed E-state index contributed by atoms with van der Waals surface area (Å²) >= 11 is 1.66. The van der Waals surface area contributed by atoms with Crippen molar-refractivity contribution in [3.8, 4) is 0 Å². The third kappa shape index (κ3) is 4.42. The molecule has 0 spiro atoms. The van der Waals surface area contributed by atoms with Crippen LogP contribution in [0.15, 0.2) is 18.2 Å². The van der Waals surface area contributed by atoms with Gasteiger partial charge in [-0.05, 0) is 36.8 Å². The number of amides is 1. The maximum Gasteiger partial charge on any atom is 0.416 e. The smallest absolute Gasteiger partial charge is 0.324 e. The number of hydrogen-bond acceptors (Lipinski definition) is 3. The zero-order chi connectivity index (χ0) is 19.6. The second-order valence-corrected chi connectivity index (χ2v) is 8.00. The van der Waals surface area contributed by atoms with E-state index in [4.69, 9.17) is 0 Å². The van der Waals surface area contributed by atoms with Gasteiger partial charge in [0.15, 0.2) is 0 Å². The van der Waals surface area contributed by atoms with Crippen molar-refractivity contribution in [1.82, 2.24) is 14.5 Å². The van der Waals surface area contributed by atoms with Gasteiger partial charge in [0.2, 0.25) is 5.91 Å². The highest BCUT2D eigenvalue weighted by molar-refractivity contribution is 7.98. The SMILES string of the molecule is CCCC1CC(=O)N(Cn2c(CCSC)nc3cc(C(F)(F)F)ccc32)C1. The standard InChI is InChI=1S/C19H24F3N3OS/c1-3-4-13-9-18(26)24(11-13)12-25-16-6-5-14(19(20,21)22)10-15(16)23-17(25)7-8-27-2/h5-6,10,13H,3-4,7-9,11-12H2,1-2H3. The second kappa shape index (κ2) is 8.12. The van der Waals surface area contributed by atoms with Gasteiger partial charge < -0.3 is 9.47 Å². The number of hydrogen-bond donors (Lipinski definition) is 0. The maximum absolute atomic E-state index is 13.0. The first-order chi connectivity index (χ1) is 12.8. The quantitative estimate of drug-likeness (QED) is 0.685. The number of likely N-dealkylation sites (tertiary alicyclic amines) is 1. The molecule has 1 saturated heterocycles. The lowest BCUT2D eigenvalue weighted by atomic mass is 10.0. The predicted octanol–water partition coefficient (Wildman–Crippen LogP) is 4.57. The number of fused-ring (bicyclic) bond motifs is 1. The number of carbonyl (C=O) groups is 1. The zero-order valence-corrected chi connectivity index (χ0v) is 16.4. The Morgan fingerprint density at radius 1 is 1.33 bits per heavy atom. The molecule has 0 aliphatic carbocycles. The molecule has 0 radical (unpaired) electrons.